The molecule has 0 aliphatic heterocycles. The molecule has 9 aromatic rings. The molecule has 4 aromatic heterocycles. The van der Waals surface area contributed by atoms with Gasteiger partial charge in [0.25, 0.3) is 0 Å². The molecule has 9 rings (SSSR count). The fraction of sp³-hybridized carbons (Fsp3) is 0.188. The predicted molar refractivity (Wildman–Crippen MR) is 228 cm³/mol. The van der Waals surface area contributed by atoms with Gasteiger partial charge in [-0.1, -0.05) is 53.4 Å². The zero-order valence-electron chi connectivity index (χ0n) is 35.4. The first-order chi connectivity index (χ1) is 27.6. The van der Waals surface area contributed by atoms with E-state index in [2.05, 4.69) is 126 Å². The van der Waals surface area contributed by atoms with E-state index in [1.807, 2.05) is 36.5 Å². The minimum atomic E-state index is -2.49. The third kappa shape index (κ3) is 7.13. The Morgan fingerprint density at radius 2 is 1.52 bits per heavy atom. The molecule has 4 heterocycles. The van der Waals surface area contributed by atoms with Crippen molar-refractivity contribution in [2.45, 2.75) is 57.7 Å². The second-order valence-electron chi connectivity index (χ2n) is 15.4. The van der Waals surface area contributed by atoms with Crippen LogP contribution in [0.15, 0.2) is 114 Å². The van der Waals surface area contributed by atoms with Gasteiger partial charge in [-0.15, -0.1) is 18.2 Å². The van der Waals surface area contributed by atoms with Crippen LogP contribution in [0.2, 0.25) is 17.3 Å². The van der Waals surface area contributed by atoms with Crippen molar-refractivity contribution in [3.63, 3.8) is 0 Å². The van der Waals surface area contributed by atoms with E-state index in [-0.39, 0.29) is 31.2 Å². The maximum atomic E-state index is 14.7. The van der Waals surface area contributed by atoms with Gasteiger partial charge in [-0.2, -0.15) is 0 Å². The summed E-state index contributed by atoms with van der Waals surface area (Å²) in [6, 6.07) is 38.0. The second kappa shape index (κ2) is 15.5. The smallest absolute Gasteiger partial charge is 0 e. The van der Waals surface area contributed by atoms with Crippen molar-refractivity contribution in [2.75, 3.05) is 0 Å². The van der Waals surface area contributed by atoms with Crippen LogP contribution in [0.25, 0.3) is 72.2 Å². The second-order valence-corrected chi connectivity index (χ2v) is 26.0. The number of pyridine rings is 2. The van der Waals surface area contributed by atoms with Crippen LogP contribution in [0.4, 0.5) is 4.39 Å². The average molecular weight is 979 g/mol. The molecule has 283 valence electrons. The van der Waals surface area contributed by atoms with Crippen molar-refractivity contribution < 1.29 is 33.0 Å². The number of aromatic nitrogens is 4. The fourth-order valence-electron chi connectivity index (χ4n) is 7.44. The summed E-state index contributed by atoms with van der Waals surface area (Å²) in [7, 11) is 0. The molecule has 0 saturated heterocycles. The number of rotatable bonds is 5. The maximum Gasteiger partial charge on any atom is 0 e. The van der Waals surface area contributed by atoms with Gasteiger partial charge in [-0.05, 0) is 60.0 Å². The summed E-state index contributed by atoms with van der Waals surface area (Å²) in [5.74, 6) is 7.23. The van der Waals surface area contributed by atoms with Gasteiger partial charge in [0.2, 0.25) is 5.71 Å². The number of nitrogens with zero attached hydrogens (tertiary/aromatic N) is 4. The number of halogens is 1. The van der Waals surface area contributed by atoms with Crippen LogP contribution in [0.1, 0.15) is 46.1 Å². The maximum absolute atomic E-state index is 14.7. The number of hydrogen-bond donors (Lipinski definition) is 0. The Bertz CT molecular complexity index is 3000. The summed E-state index contributed by atoms with van der Waals surface area (Å²) >= 11 is -2.10. The van der Waals surface area contributed by atoms with E-state index >= 15 is 0 Å². The molecule has 5 aromatic carbocycles. The predicted octanol–water partition coefficient (Wildman–Crippen LogP) is 12.2. The summed E-state index contributed by atoms with van der Waals surface area (Å²) in [6.45, 7) is 6.02. The van der Waals surface area contributed by atoms with Crippen LogP contribution in [0, 0.1) is 38.6 Å². The van der Waals surface area contributed by atoms with Crippen molar-refractivity contribution in [1.29, 1.82) is 0 Å². The van der Waals surface area contributed by atoms with Gasteiger partial charge in [0.15, 0.2) is 0 Å². The number of aryl methyl sites for hydroxylation is 3. The fourth-order valence-corrected chi connectivity index (χ4v) is 11.0. The topological polar surface area (TPSA) is 56.7 Å². The molecule has 0 aliphatic rings. The van der Waals surface area contributed by atoms with Gasteiger partial charge in [-0.3, -0.25) is 4.98 Å². The van der Waals surface area contributed by atoms with Crippen molar-refractivity contribution >= 4 is 61.5 Å². The van der Waals surface area contributed by atoms with Crippen molar-refractivity contribution in [2.24, 2.45) is 0 Å². The van der Waals surface area contributed by atoms with E-state index in [0.717, 1.165) is 44.5 Å². The number of para-hydroxylation sites is 1. The first kappa shape index (κ1) is 35.5. The summed E-state index contributed by atoms with van der Waals surface area (Å²) in [6.07, 6.45) is 3.60. The summed E-state index contributed by atoms with van der Waals surface area (Å²) < 4.78 is 46.9. The minimum Gasteiger partial charge on any atom is 0 e. The Morgan fingerprint density at radius 3 is 2.23 bits per heavy atom. The van der Waals surface area contributed by atoms with Gasteiger partial charge in [0, 0.05) is 37.4 Å². The molecule has 0 aliphatic carbocycles. The van der Waals surface area contributed by atoms with Crippen molar-refractivity contribution in [3.05, 3.63) is 150 Å². The largest absolute Gasteiger partial charge is 0 e. The number of imidazole rings is 1. The molecule has 0 amide bonds. The number of benzene rings is 5. The third-order valence-electron chi connectivity index (χ3n) is 10.2. The van der Waals surface area contributed by atoms with E-state index in [1.54, 1.807) is 6.20 Å². The van der Waals surface area contributed by atoms with Crippen molar-refractivity contribution in [3.8, 4) is 28.3 Å². The molecule has 0 bridgehead atoms. The molecule has 8 heteroatoms. The molecular formula is C48H43FGeIrN4O-2. The quantitative estimate of drug-likeness (QED) is 0.127. The summed E-state index contributed by atoms with van der Waals surface area (Å²) in [5, 5.41) is 4.36. The molecule has 0 N–H and O–H groups in total. The third-order valence-corrected chi connectivity index (χ3v) is 14.4. The molecule has 0 fully saturated rings. The molecular weight excluding hydrogens is 932 g/mol. The molecule has 5 nitrogen and oxygen atoms in total. The van der Waals surface area contributed by atoms with E-state index < -0.39 is 25.9 Å². The zero-order valence-corrected chi connectivity index (χ0v) is 36.9. The van der Waals surface area contributed by atoms with E-state index in [4.69, 9.17) is 13.5 Å². The van der Waals surface area contributed by atoms with Gasteiger partial charge in [-0.25, -0.2) is 4.98 Å². The standard InChI is InChI=1S/C30H20N3O.C18H23FGeN.Ir/c1-18-8-5-9-19(2)27(18)33-26-17-21-11-4-3-10-20(21)16-25(26)32-29(33)24-13-6-12-22-23-14-7-15-31-30(23)34-28(22)24;1-12(2)15-10-17(21-11-16(15)20(4,5)6)14-9-7-8-13(3)18(14)19;/h3-12,14-17H,1-2H3;7-8,10-12H,1-6H3;/q2*-1;/i;3D3;. The molecule has 0 saturated carbocycles. The summed E-state index contributed by atoms with van der Waals surface area (Å²) in [4.78, 5) is 14.0. The minimum absolute atomic E-state index is 0. The van der Waals surface area contributed by atoms with Gasteiger partial charge in [0.05, 0.1) is 22.4 Å². The Hall–Kier alpha value is -4.95. The summed E-state index contributed by atoms with van der Waals surface area (Å²) in [5.41, 5.74) is 9.16. The van der Waals surface area contributed by atoms with Crippen LogP contribution in [-0.2, 0) is 20.1 Å². The van der Waals surface area contributed by atoms with E-state index in [0.29, 0.717) is 17.3 Å². The van der Waals surface area contributed by atoms with Gasteiger partial charge in [0.1, 0.15) is 0 Å². The van der Waals surface area contributed by atoms with Crippen LogP contribution >= 0.6 is 0 Å². The Labute approximate surface area is 348 Å². The monoisotopic (exact) mass is 980 g/mol. The Kier molecular flexibility index (Phi) is 9.84. The zero-order chi connectivity index (χ0) is 41.1. The van der Waals surface area contributed by atoms with Gasteiger partial charge < -0.3 is 8.98 Å². The Morgan fingerprint density at radius 1 is 0.804 bits per heavy atom. The first-order valence-corrected chi connectivity index (χ1v) is 25.8. The normalized spacial score (nSPS) is 12.7. The number of fused-ring (bicyclic) bond motifs is 5. The SMILES string of the molecule is Cc1cccc(C)c1-n1c(-c2[c-]ccc3c2oc2ncccc23)nc2cc3ccccc3cc21.[2H]C([2H])([2H])c1cc[c-]c(-c2cc(C(C)C)[c]([Ge]([CH3])([CH3])[CH3])cn2)c1F.[Ir]. The van der Waals surface area contributed by atoms with Crippen LogP contribution in [0.5, 0.6) is 0 Å². The molecule has 0 spiro atoms. The van der Waals surface area contributed by atoms with E-state index in [1.165, 1.54) is 44.0 Å². The Balaban J connectivity index is 0.000000188. The van der Waals surface area contributed by atoms with Crippen LogP contribution < -0.4 is 4.40 Å². The van der Waals surface area contributed by atoms with Gasteiger partial charge >= 0.3 is 134 Å². The first-order valence-electron chi connectivity index (χ1n) is 20.0. The number of hydrogen-bond acceptors (Lipinski definition) is 4. The van der Waals surface area contributed by atoms with Crippen molar-refractivity contribution in [1.82, 2.24) is 19.5 Å². The molecule has 0 unspecified atom stereocenters. The molecule has 0 atom stereocenters. The van der Waals surface area contributed by atoms with Crippen LogP contribution in [-0.4, -0.2) is 32.8 Å². The average Bonchev–Trinajstić information content (AvgIpc) is 3.74. The number of furan rings is 1. The molecule has 56 heavy (non-hydrogen) atoms. The van der Waals surface area contributed by atoms with E-state index in [9.17, 15) is 4.39 Å². The van der Waals surface area contributed by atoms with Crippen LogP contribution in [0.3, 0.4) is 0 Å². The molecule has 1 radical (unpaired) electrons.